The average Bonchev–Trinajstić information content (AvgIpc) is 3.32. The molecule has 1 amide bonds. The molecule has 0 bridgehead atoms. The molecule has 30 heavy (non-hydrogen) atoms. The van der Waals surface area contributed by atoms with E-state index in [0.717, 1.165) is 24.8 Å². The minimum atomic E-state index is -0.948. The van der Waals surface area contributed by atoms with Crippen LogP contribution >= 0.6 is 0 Å². The lowest BCUT2D eigenvalue weighted by Gasteiger charge is -2.31. The number of aliphatic carboxylic acids is 1. The summed E-state index contributed by atoms with van der Waals surface area (Å²) >= 11 is 0. The van der Waals surface area contributed by atoms with Crippen LogP contribution in [0.1, 0.15) is 51.5 Å². The molecule has 1 heterocycles. The number of ether oxygens (including phenoxy) is 1. The third-order valence-electron chi connectivity index (χ3n) is 6.33. The molecule has 0 spiro atoms. The highest BCUT2D eigenvalue weighted by Gasteiger charge is 2.49. The third kappa shape index (κ3) is 5.01. The standard InChI is InChI=1S/C23H32N2O5/c1-3-30-23(29)18(13-12-16-8-5-4-6-9-16)24-15(2)21(26)25-19-11-7-10-17(19)14-20(25)22(27)28/h4-6,8-9,15,17-20,24H,3,7,10-14H2,1-2H3,(H,27,28)/t15-,17?,18?,19?,20-/m0/s1. The van der Waals surface area contributed by atoms with Crippen molar-refractivity contribution in [3.63, 3.8) is 0 Å². The Kier molecular flexibility index (Phi) is 7.48. The van der Waals surface area contributed by atoms with Gasteiger partial charge in [0.05, 0.1) is 12.6 Å². The first-order chi connectivity index (χ1) is 14.4. The van der Waals surface area contributed by atoms with Crippen LogP contribution in [0.2, 0.25) is 0 Å². The van der Waals surface area contributed by atoms with E-state index >= 15 is 0 Å². The zero-order chi connectivity index (χ0) is 21.7. The average molecular weight is 417 g/mol. The molecular weight excluding hydrogens is 384 g/mol. The summed E-state index contributed by atoms with van der Waals surface area (Å²) in [5, 5.41) is 12.8. The van der Waals surface area contributed by atoms with Gasteiger partial charge in [-0.1, -0.05) is 36.8 Å². The van der Waals surface area contributed by atoms with Gasteiger partial charge in [0, 0.05) is 6.04 Å². The molecule has 3 rings (SSSR count). The lowest BCUT2D eigenvalue weighted by Crippen LogP contribution is -2.55. The van der Waals surface area contributed by atoms with Gasteiger partial charge in [0.2, 0.25) is 5.91 Å². The van der Waals surface area contributed by atoms with E-state index in [1.54, 1.807) is 18.7 Å². The minimum Gasteiger partial charge on any atom is -0.480 e. The van der Waals surface area contributed by atoms with E-state index in [1.807, 2.05) is 30.3 Å². The highest BCUT2D eigenvalue weighted by atomic mass is 16.5. The Bertz CT molecular complexity index is 753. The number of likely N-dealkylation sites (tertiary alicyclic amines) is 1. The molecule has 5 atom stereocenters. The van der Waals surface area contributed by atoms with Crippen LogP contribution in [0.5, 0.6) is 0 Å². The molecule has 1 saturated carbocycles. The number of benzene rings is 1. The first kappa shape index (κ1) is 22.3. The van der Waals surface area contributed by atoms with Gasteiger partial charge in [0.1, 0.15) is 12.1 Å². The normalized spacial score (nSPS) is 24.9. The molecule has 0 radical (unpaired) electrons. The van der Waals surface area contributed by atoms with Gasteiger partial charge in [-0.05, 0) is 57.4 Å². The number of hydrogen-bond donors (Lipinski definition) is 2. The number of hydrogen-bond acceptors (Lipinski definition) is 5. The Morgan fingerprint density at radius 2 is 1.97 bits per heavy atom. The molecule has 7 nitrogen and oxygen atoms in total. The molecule has 164 valence electrons. The molecule has 1 aromatic rings. The number of amides is 1. The second-order valence-corrected chi connectivity index (χ2v) is 8.31. The third-order valence-corrected chi connectivity index (χ3v) is 6.33. The first-order valence-electron chi connectivity index (χ1n) is 10.9. The maximum Gasteiger partial charge on any atom is 0.326 e. The Morgan fingerprint density at radius 1 is 1.23 bits per heavy atom. The number of aryl methyl sites for hydroxylation is 1. The fraction of sp³-hybridized carbons (Fsp3) is 0.609. The van der Waals surface area contributed by atoms with Gasteiger partial charge in [-0.3, -0.25) is 14.9 Å². The van der Waals surface area contributed by atoms with E-state index in [2.05, 4.69) is 5.32 Å². The Balaban J connectivity index is 1.68. The summed E-state index contributed by atoms with van der Waals surface area (Å²) in [7, 11) is 0. The van der Waals surface area contributed by atoms with Crippen LogP contribution < -0.4 is 5.32 Å². The van der Waals surface area contributed by atoms with Crippen molar-refractivity contribution >= 4 is 17.8 Å². The number of fused-ring (bicyclic) bond motifs is 1. The van der Waals surface area contributed by atoms with Crippen molar-refractivity contribution < 1.29 is 24.2 Å². The van der Waals surface area contributed by atoms with Crippen molar-refractivity contribution in [2.75, 3.05) is 6.61 Å². The van der Waals surface area contributed by atoms with E-state index in [1.165, 1.54) is 0 Å². The van der Waals surface area contributed by atoms with Gasteiger partial charge in [0.15, 0.2) is 0 Å². The van der Waals surface area contributed by atoms with Gasteiger partial charge in [-0.25, -0.2) is 4.79 Å². The topological polar surface area (TPSA) is 95.9 Å². The molecule has 1 saturated heterocycles. The Morgan fingerprint density at radius 3 is 2.63 bits per heavy atom. The van der Waals surface area contributed by atoms with Crippen LogP contribution in [0, 0.1) is 5.92 Å². The predicted octanol–water partition coefficient (Wildman–Crippen LogP) is 2.38. The summed E-state index contributed by atoms with van der Waals surface area (Å²) in [6.07, 6.45) is 4.54. The second kappa shape index (κ2) is 10.1. The maximum atomic E-state index is 13.2. The van der Waals surface area contributed by atoms with Crippen LogP contribution in [-0.4, -0.2) is 58.6 Å². The van der Waals surface area contributed by atoms with E-state index in [9.17, 15) is 19.5 Å². The number of carboxylic acid groups (broad SMARTS) is 1. The molecule has 2 fully saturated rings. The minimum absolute atomic E-state index is 0.00629. The lowest BCUT2D eigenvalue weighted by atomic mass is 10.0. The van der Waals surface area contributed by atoms with E-state index in [-0.39, 0.29) is 30.4 Å². The molecule has 7 heteroatoms. The van der Waals surface area contributed by atoms with E-state index in [0.29, 0.717) is 19.3 Å². The van der Waals surface area contributed by atoms with E-state index in [4.69, 9.17) is 4.74 Å². The van der Waals surface area contributed by atoms with Crippen LogP contribution in [0.3, 0.4) is 0 Å². The fourth-order valence-corrected chi connectivity index (χ4v) is 4.89. The van der Waals surface area contributed by atoms with Gasteiger partial charge in [-0.2, -0.15) is 0 Å². The summed E-state index contributed by atoms with van der Waals surface area (Å²) in [6.45, 7) is 3.72. The van der Waals surface area contributed by atoms with Crippen LogP contribution in [0.4, 0.5) is 0 Å². The summed E-state index contributed by atoms with van der Waals surface area (Å²) in [5.41, 5.74) is 1.10. The van der Waals surface area contributed by atoms with Crippen molar-refractivity contribution in [3.8, 4) is 0 Å². The summed E-state index contributed by atoms with van der Waals surface area (Å²) in [6, 6.07) is 7.76. The SMILES string of the molecule is CCOC(=O)C(CCc1ccccc1)N[C@@H](C)C(=O)N1C2CCCC2C[C@H]1C(=O)O. The number of carboxylic acids is 1. The number of esters is 1. The van der Waals surface area contributed by atoms with Gasteiger partial charge < -0.3 is 14.7 Å². The van der Waals surface area contributed by atoms with Crippen LogP contribution in [0.25, 0.3) is 0 Å². The van der Waals surface area contributed by atoms with Gasteiger partial charge in [-0.15, -0.1) is 0 Å². The lowest BCUT2D eigenvalue weighted by molar-refractivity contribution is -0.151. The number of carbonyl (C=O) groups excluding carboxylic acids is 2. The highest BCUT2D eigenvalue weighted by Crippen LogP contribution is 2.41. The number of nitrogens with zero attached hydrogens (tertiary/aromatic N) is 1. The molecule has 1 aromatic carbocycles. The number of nitrogens with one attached hydrogen (secondary N) is 1. The Labute approximate surface area is 177 Å². The van der Waals surface area contributed by atoms with E-state index < -0.39 is 24.1 Å². The largest absolute Gasteiger partial charge is 0.480 e. The molecule has 2 aliphatic rings. The molecule has 0 aromatic heterocycles. The predicted molar refractivity (Wildman–Crippen MR) is 112 cm³/mol. The zero-order valence-corrected chi connectivity index (χ0v) is 17.8. The van der Waals surface area contributed by atoms with Crippen LogP contribution in [0.15, 0.2) is 30.3 Å². The van der Waals surface area contributed by atoms with Gasteiger partial charge in [0.25, 0.3) is 0 Å². The van der Waals surface area contributed by atoms with Crippen molar-refractivity contribution in [2.45, 2.75) is 76.5 Å². The second-order valence-electron chi connectivity index (χ2n) is 8.31. The fourth-order valence-electron chi connectivity index (χ4n) is 4.89. The number of carbonyl (C=O) groups is 3. The smallest absolute Gasteiger partial charge is 0.326 e. The molecule has 2 N–H and O–H groups in total. The summed E-state index contributed by atoms with van der Waals surface area (Å²) in [5.74, 6) is -1.31. The molecule has 3 unspecified atom stereocenters. The van der Waals surface area contributed by atoms with Crippen LogP contribution in [-0.2, 0) is 25.5 Å². The van der Waals surface area contributed by atoms with Crippen molar-refractivity contribution in [1.29, 1.82) is 0 Å². The molecule has 1 aliphatic carbocycles. The maximum absolute atomic E-state index is 13.2. The summed E-state index contributed by atoms with van der Waals surface area (Å²) in [4.78, 5) is 39.1. The Hall–Kier alpha value is -2.41. The van der Waals surface area contributed by atoms with Gasteiger partial charge >= 0.3 is 11.9 Å². The summed E-state index contributed by atoms with van der Waals surface area (Å²) < 4.78 is 5.21. The molecular formula is C23H32N2O5. The van der Waals surface area contributed by atoms with Crippen molar-refractivity contribution in [3.05, 3.63) is 35.9 Å². The quantitative estimate of drug-likeness (QED) is 0.600. The zero-order valence-electron chi connectivity index (χ0n) is 17.8. The van der Waals surface area contributed by atoms with Crippen molar-refractivity contribution in [1.82, 2.24) is 10.2 Å². The highest BCUT2D eigenvalue weighted by molar-refractivity contribution is 5.88. The number of rotatable bonds is 9. The van der Waals surface area contributed by atoms with Crippen molar-refractivity contribution in [2.24, 2.45) is 5.92 Å². The monoisotopic (exact) mass is 416 g/mol. The molecule has 1 aliphatic heterocycles. The first-order valence-corrected chi connectivity index (χ1v) is 10.9.